The summed E-state index contributed by atoms with van der Waals surface area (Å²) in [4.78, 5) is 0. The fraction of sp³-hybridized carbons (Fsp3) is 0.118. The van der Waals surface area contributed by atoms with Gasteiger partial charge in [0.05, 0.1) is 12.2 Å². The Morgan fingerprint density at radius 2 is 1.52 bits per heavy atom. The van der Waals surface area contributed by atoms with Crippen molar-refractivity contribution in [2.24, 2.45) is 0 Å². The van der Waals surface area contributed by atoms with Gasteiger partial charge in [0.2, 0.25) is 5.88 Å². The molecule has 4 heteroatoms. The molecule has 21 heavy (non-hydrogen) atoms. The summed E-state index contributed by atoms with van der Waals surface area (Å²) >= 11 is 5.55. The molecule has 0 aliphatic rings. The minimum Gasteiger partial charge on any atom is -0.493 e. The third kappa shape index (κ3) is 2.50. The van der Waals surface area contributed by atoms with Crippen molar-refractivity contribution in [1.82, 2.24) is 9.13 Å². The van der Waals surface area contributed by atoms with E-state index in [4.69, 9.17) is 12.2 Å². The lowest BCUT2D eigenvalue weighted by Gasteiger charge is -2.05. The number of rotatable bonds is 3. The van der Waals surface area contributed by atoms with Gasteiger partial charge in [0.25, 0.3) is 0 Å². The Morgan fingerprint density at radius 3 is 2.14 bits per heavy atom. The molecule has 0 saturated carbocycles. The van der Waals surface area contributed by atoms with Crippen LogP contribution in [0.2, 0.25) is 0 Å². The van der Waals surface area contributed by atoms with E-state index >= 15 is 0 Å². The van der Waals surface area contributed by atoms with Gasteiger partial charge in [-0.25, -0.2) is 0 Å². The molecule has 1 N–H and O–H groups in total. The van der Waals surface area contributed by atoms with Crippen LogP contribution in [0.3, 0.4) is 0 Å². The molecule has 3 aromatic rings. The molecule has 3 nitrogen and oxygen atoms in total. The predicted octanol–water partition coefficient (Wildman–Crippen LogP) is 4.07. The Morgan fingerprint density at radius 1 is 0.952 bits per heavy atom. The first kappa shape index (κ1) is 13.6. The molecule has 0 atom stereocenters. The van der Waals surface area contributed by atoms with Crippen LogP contribution in [-0.4, -0.2) is 14.2 Å². The van der Waals surface area contributed by atoms with Gasteiger partial charge in [-0.2, -0.15) is 0 Å². The molecule has 3 rings (SSSR count). The van der Waals surface area contributed by atoms with E-state index in [1.165, 1.54) is 0 Å². The number of aromatic nitrogens is 2. The molecule has 0 spiro atoms. The molecule has 0 radical (unpaired) electrons. The molecule has 2 aromatic carbocycles. The fourth-order valence-electron chi connectivity index (χ4n) is 2.44. The number of para-hydroxylation sites is 1. The van der Waals surface area contributed by atoms with Crippen LogP contribution in [0.25, 0.3) is 5.69 Å². The van der Waals surface area contributed by atoms with Gasteiger partial charge in [0.1, 0.15) is 0 Å². The van der Waals surface area contributed by atoms with Crippen molar-refractivity contribution < 1.29 is 5.11 Å². The highest BCUT2D eigenvalue weighted by atomic mass is 32.1. The van der Waals surface area contributed by atoms with Gasteiger partial charge in [-0.05, 0) is 36.8 Å². The number of hydrogen-bond acceptors (Lipinski definition) is 2. The highest BCUT2D eigenvalue weighted by molar-refractivity contribution is 7.71. The summed E-state index contributed by atoms with van der Waals surface area (Å²) in [6.07, 6.45) is 0. The van der Waals surface area contributed by atoms with Crippen molar-refractivity contribution >= 4 is 12.2 Å². The second-order valence-electron chi connectivity index (χ2n) is 4.93. The molecule has 1 heterocycles. The van der Waals surface area contributed by atoms with Gasteiger partial charge >= 0.3 is 0 Å². The number of aromatic hydroxyl groups is 1. The maximum absolute atomic E-state index is 10.4. The number of benzene rings is 2. The van der Waals surface area contributed by atoms with Gasteiger partial charge in [0, 0.05) is 5.69 Å². The molecule has 0 unspecified atom stereocenters. The Labute approximate surface area is 128 Å². The Bertz CT molecular complexity index is 804. The molecular weight excluding hydrogens is 280 g/mol. The van der Waals surface area contributed by atoms with Crippen molar-refractivity contribution in [1.29, 1.82) is 0 Å². The van der Waals surface area contributed by atoms with E-state index in [2.05, 4.69) is 0 Å². The lowest BCUT2D eigenvalue weighted by Crippen LogP contribution is -2.01. The summed E-state index contributed by atoms with van der Waals surface area (Å²) in [5.74, 6) is 0.215. The maximum Gasteiger partial charge on any atom is 0.213 e. The van der Waals surface area contributed by atoms with Crippen molar-refractivity contribution in [3.05, 3.63) is 76.7 Å². The van der Waals surface area contributed by atoms with E-state index in [1.807, 2.05) is 72.2 Å². The summed E-state index contributed by atoms with van der Waals surface area (Å²) in [5.41, 5.74) is 2.82. The summed E-state index contributed by atoms with van der Waals surface area (Å²) in [5, 5.41) is 10.4. The van der Waals surface area contributed by atoms with Crippen molar-refractivity contribution in [3.8, 4) is 11.6 Å². The molecular formula is C17H16N2OS. The van der Waals surface area contributed by atoms with Gasteiger partial charge in [-0.1, -0.05) is 48.5 Å². The summed E-state index contributed by atoms with van der Waals surface area (Å²) in [6, 6.07) is 19.8. The third-order valence-corrected chi connectivity index (χ3v) is 3.94. The maximum atomic E-state index is 10.4. The quantitative estimate of drug-likeness (QED) is 0.738. The predicted molar refractivity (Wildman–Crippen MR) is 86.5 cm³/mol. The van der Waals surface area contributed by atoms with E-state index in [9.17, 15) is 5.11 Å². The fourth-order valence-corrected chi connectivity index (χ4v) is 2.83. The standard InChI is InChI=1S/C17H16N2OS/c1-13-16(20)18(12-14-8-4-2-5-9-14)17(21)19(13)15-10-6-3-7-11-15/h2-11,20H,12H2,1H3. The van der Waals surface area contributed by atoms with Crippen LogP contribution in [0.15, 0.2) is 60.7 Å². The van der Waals surface area contributed by atoms with Crippen LogP contribution >= 0.6 is 12.2 Å². The first-order valence-corrected chi connectivity index (χ1v) is 7.20. The number of nitrogens with zero attached hydrogens (tertiary/aromatic N) is 2. The minimum absolute atomic E-state index is 0.215. The zero-order chi connectivity index (χ0) is 14.8. The lowest BCUT2D eigenvalue weighted by atomic mass is 10.2. The summed E-state index contributed by atoms with van der Waals surface area (Å²) < 4.78 is 4.25. The first-order chi connectivity index (χ1) is 10.2. The molecule has 1 aromatic heterocycles. The normalized spacial score (nSPS) is 10.7. The second-order valence-corrected chi connectivity index (χ2v) is 5.30. The van der Waals surface area contributed by atoms with Crippen LogP contribution in [0, 0.1) is 11.7 Å². The van der Waals surface area contributed by atoms with Crippen molar-refractivity contribution in [2.75, 3.05) is 0 Å². The van der Waals surface area contributed by atoms with E-state index in [0.29, 0.717) is 11.3 Å². The van der Waals surface area contributed by atoms with Gasteiger partial charge < -0.3 is 5.11 Å². The minimum atomic E-state index is 0.215. The Hall–Kier alpha value is -2.33. The van der Waals surface area contributed by atoms with E-state index in [0.717, 1.165) is 16.9 Å². The van der Waals surface area contributed by atoms with Crippen LogP contribution in [-0.2, 0) is 6.54 Å². The monoisotopic (exact) mass is 296 g/mol. The summed E-state index contributed by atoms with van der Waals surface area (Å²) in [7, 11) is 0. The SMILES string of the molecule is Cc1c(O)n(Cc2ccccc2)c(=S)n1-c1ccccc1. The van der Waals surface area contributed by atoms with E-state index < -0.39 is 0 Å². The van der Waals surface area contributed by atoms with Gasteiger partial charge in [-0.3, -0.25) is 9.13 Å². The average molecular weight is 296 g/mol. The van der Waals surface area contributed by atoms with Gasteiger partial charge in [0.15, 0.2) is 4.77 Å². The summed E-state index contributed by atoms with van der Waals surface area (Å²) in [6.45, 7) is 2.44. The van der Waals surface area contributed by atoms with Crippen LogP contribution in [0.5, 0.6) is 5.88 Å². The number of imidazole rings is 1. The molecule has 0 aliphatic carbocycles. The molecule has 0 aliphatic heterocycles. The van der Waals surface area contributed by atoms with E-state index in [-0.39, 0.29) is 5.88 Å². The molecule has 0 saturated heterocycles. The van der Waals surface area contributed by atoms with Crippen molar-refractivity contribution in [2.45, 2.75) is 13.5 Å². The highest BCUT2D eigenvalue weighted by Crippen LogP contribution is 2.24. The zero-order valence-corrected chi connectivity index (χ0v) is 12.5. The van der Waals surface area contributed by atoms with Gasteiger partial charge in [-0.15, -0.1) is 0 Å². The smallest absolute Gasteiger partial charge is 0.213 e. The van der Waals surface area contributed by atoms with Crippen LogP contribution in [0.4, 0.5) is 0 Å². The molecule has 0 amide bonds. The first-order valence-electron chi connectivity index (χ1n) is 6.79. The molecule has 0 bridgehead atoms. The van der Waals surface area contributed by atoms with E-state index in [1.54, 1.807) is 4.57 Å². The van der Waals surface area contributed by atoms with Crippen LogP contribution in [0.1, 0.15) is 11.3 Å². The second kappa shape index (κ2) is 5.58. The number of hydrogen-bond donors (Lipinski definition) is 1. The lowest BCUT2D eigenvalue weighted by molar-refractivity contribution is 0.420. The topological polar surface area (TPSA) is 30.1 Å². The zero-order valence-electron chi connectivity index (χ0n) is 11.7. The van der Waals surface area contributed by atoms with Crippen LogP contribution < -0.4 is 0 Å². The Kier molecular flexibility index (Phi) is 3.62. The third-order valence-electron chi connectivity index (χ3n) is 3.53. The highest BCUT2D eigenvalue weighted by Gasteiger charge is 2.14. The van der Waals surface area contributed by atoms with Crippen molar-refractivity contribution in [3.63, 3.8) is 0 Å². The molecule has 0 fully saturated rings. The Balaban J connectivity index is 2.10. The molecule has 106 valence electrons. The largest absolute Gasteiger partial charge is 0.493 e. The average Bonchev–Trinajstić information content (AvgIpc) is 2.73.